The van der Waals surface area contributed by atoms with E-state index in [0.29, 0.717) is 16.1 Å². The van der Waals surface area contributed by atoms with Crippen LogP contribution in [-0.4, -0.2) is 31.6 Å². The lowest BCUT2D eigenvalue weighted by Crippen LogP contribution is -2.21. The average molecular weight is 438 g/mol. The lowest BCUT2D eigenvalue weighted by atomic mass is 10.1. The molecule has 1 aliphatic rings. The molecule has 0 radical (unpaired) electrons. The molecule has 1 heterocycles. The zero-order chi connectivity index (χ0) is 18.7. The summed E-state index contributed by atoms with van der Waals surface area (Å²) in [6.45, 7) is -0.432. The van der Waals surface area contributed by atoms with Gasteiger partial charge in [-0.25, -0.2) is 9.59 Å². The number of nitrogens with one attached hydrogen (secondary N) is 1. The Morgan fingerprint density at radius 2 is 1.88 bits per heavy atom. The van der Waals surface area contributed by atoms with E-state index >= 15 is 0 Å². The van der Waals surface area contributed by atoms with Gasteiger partial charge in [-0.15, -0.1) is 11.3 Å². The molecule has 1 amide bonds. The number of hydrogen-bond donors (Lipinski definition) is 1. The van der Waals surface area contributed by atoms with Crippen LogP contribution < -0.4 is 5.32 Å². The van der Waals surface area contributed by atoms with Gasteiger partial charge in [-0.3, -0.25) is 4.79 Å². The van der Waals surface area contributed by atoms with Gasteiger partial charge in [0.15, 0.2) is 6.61 Å². The molecule has 8 heteroatoms. The maximum atomic E-state index is 12.2. The summed E-state index contributed by atoms with van der Waals surface area (Å²) in [6, 6.07) is 6.63. The first-order chi connectivity index (χ1) is 12.5. The van der Waals surface area contributed by atoms with Crippen LogP contribution in [0, 0.1) is 0 Å². The van der Waals surface area contributed by atoms with Crippen LogP contribution in [0.2, 0.25) is 0 Å². The van der Waals surface area contributed by atoms with Crippen molar-refractivity contribution in [3.63, 3.8) is 0 Å². The van der Waals surface area contributed by atoms with E-state index in [9.17, 15) is 14.4 Å². The van der Waals surface area contributed by atoms with E-state index < -0.39 is 24.5 Å². The smallest absolute Gasteiger partial charge is 0.341 e. The number of fused-ring (bicyclic) bond motifs is 1. The Bertz CT molecular complexity index is 859. The van der Waals surface area contributed by atoms with Gasteiger partial charge in [0, 0.05) is 9.35 Å². The molecule has 0 aliphatic heterocycles. The van der Waals surface area contributed by atoms with Crippen LogP contribution in [0.1, 0.15) is 37.6 Å². The topological polar surface area (TPSA) is 81.7 Å². The van der Waals surface area contributed by atoms with Crippen LogP contribution in [0.25, 0.3) is 0 Å². The fourth-order valence-corrected chi connectivity index (χ4v) is 4.33. The molecule has 2 aromatic rings. The number of esters is 2. The molecule has 0 atom stereocenters. The zero-order valence-corrected chi connectivity index (χ0v) is 16.4. The van der Waals surface area contributed by atoms with Crippen LogP contribution in [0.15, 0.2) is 28.7 Å². The van der Waals surface area contributed by atoms with Gasteiger partial charge in [0.1, 0.15) is 5.00 Å². The molecule has 1 aliphatic carbocycles. The molecule has 0 unspecified atom stereocenters. The van der Waals surface area contributed by atoms with Crippen molar-refractivity contribution in [2.45, 2.75) is 19.3 Å². The molecule has 26 heavy (non-hydrogen) atoms. The number of carbonyl (C=O) groups is 3. The van der Waals surface area contributed by atoms with Crippen LogP contribution in [0.5, 0.6) is 0 Å². The van der Waals surface area contributed by atoms with Crippen molar-refractivity contribution < 1.29 is 23.9 Å². The standard InChI is InChI=1S/C18H16BrNO5S/c1-24-18(23)15-12-3-2-4-13(12)26-16(15)20-14(21)9-25-17(22)10-5-7-11(19)8-6-10/h5-8H,2-4,9H2,1H3,(H,20,21). The second-order valence-corrected chi connectivity index (χ2v) is 7.71. The number of methoxy groups -OCH3 is 1. The molecule has 3 rings (SSSR count). The van der Waals surface area contributed by atoms with Crippen LogP contribution in [0.4, 0.5) is 5.00 Å². The highest BCUT2D eigenvalue weighted by atomic mass is 79.9. The van der Waals surface area contributed by atoms with Crippen molar-refractivity contribution in [3.8, 4) is 0 Å². The summed E-state index contributed by atoms with van der Waals surface area (Å²) < 4.78 is 10.7. The molecule has 136 valence electrons. The quantitative estimate of drug-likeness (QED) is 0.722. The van der Waals surface area contributed by atoms with E-state index in [0.717, 1.165) is 34.2 Å². The van der Waals surface area contributed by atoms with Gasteiger partial charge in [-0.1, -0.05) is 15.9 Å². The first-order valence-corrected chi connectivity index (χ1v) is 9.56. The van der Waals surface area contributed by atoms with Crippen molar-refractivity contribution >= 4 is 50.1 Å². The Hall–Kier alpha value is -2.19. The summed E-state index contributed by atoms with van der Waals surface area (Å²) in [5.41, 5.74) is 1.72. The highest BCUT2D eigenvalue weighted by Gasteiger charge is 2.28. The maximum absolute atomic E-state index is 12.2. The number of thiophene rings is 1. The molecule has 1 aromatic carbocycles. The van der Waals surface area contributed by atoms with Crippen molar-refractivity contribution in [2.75, 3.05) is 19.0 Å². The van der Waals surface area contributed by atoms with Gasteiger partial charge in [-0.05, 0) is 49.1 Å². The number of carbonyl (C=O) groups excluding carboxylic acids is 3. The summed E-state index contributed by atoms with van der Waals surface area (Å²) in [4.78, 5) is 37.3. The van der Waals surface area contributed by atoms with Gasteiger partial charge >= 0.3 is 11.9 Å². The Labute approximate surface area is 162 Å². The molecule has 0 spiro atoms. The molecular formula is C18H16BrNO5S. The summed E-state index contributed by atoms with van der Waals surface area (Å²) >= 11 is 4.66. The number of rotatable bonds is 5. The summed E-state index contributed by atoms with van der Waals surface area (Å²) in [5, 5.41) is 3.12. The van der Waals surface area contributed by atoms with Crippen LogP contribution in [0.3, 0.4) is 0 Å². The third kappa shape index (κ3) is 3.96. The van der Waals surface area contributed by atoms with Gasteiger partial charge in [-0.2, -0.15) is 0 Å². The Balaban J connectivity index is 1.64. The van der Waals surface area contributed by atoms with E-state index in [4.69, 9.17) is 9.47 Å². The SMILES string of the molecule is COC(=O)c1c(NC(=O)COC(=O)c2ccc(Br)cc2)sc2c1CCC2. The fourth-order valence-electron chi connectivity index (χ4n) is 2.77. The minimum atomic E-state index is -0.588. The van der Waals surface area contributed by atoms with E-state index in [2.05, 4.69) is 21.2 Å². The lowest BCUT2D eigenvalue weighted by Gasteiger charge is -2.08. The predicted molar refractivity (Wildman–Crippen MR) is 101 cm³/mol. The first kappa shape index (κ1) is 18.6. The highest BCUT2D eigenvalue weighted by Crippen LogP contribution is 2.39. The fraction of sp³-hybridized carbons (Fsp3) is 0.278. The molecule has 0 bridgehead atoms. The first-order valence-electron chi connectivity index (χ1n) is 7.95. The Kier molecular flexibility index (Phi) is 5.73. The van der Waals surface area contributed by atoms with Crippen molar-refractivity contribution in [2.24, 2.45) is 0 Å². The number of benzene rings is 1. The molecule has 1 N–H and O–H groups in total. The summed E-state index contributed by atoms with van der Waals surface area (Å²) in [6.07, 6.45) is 2.67. The number of aryl methyl sites for hydroxylation is 1. The zero-order valence-electron chi connectivity index (χ0n) is 14.0. The second kappa shape index (κ2) is 8.01. The van der Waals surface area contributed by atoms with Gasteiger partial charge in [0.05, 0.1) is 18.2 Å². The summed E-state index contributed by atoms with van der Waals surface area (Å²) in [5.74, 6) is -1.55. The van der Waals surface area contributed by atoms with E-state index in [1.165, 1.54) is 18.4 Å². The number of ether oxygens (including phenoxy) is 2. The molecule has 0 saturated carbocycles. The van der Waals surface area contributed by atoms with Gasteiger partial charge in [0.2, 0.25) is 0 Å². The largest absolute Gasteiger partial charge is 0.465 e. The summed E-state index contributed by atoms with van der Waals surface area (Å²) in [7, 11) is 1.31. The molecular weight excluding hydrogens is 422 g/mol. The van der Waals surface area contributed by atoms with E-state index in [-0.39, 0.29) is 0 Å². The number of amides is 1. The Morgan fingerprint density at radius 1 is 1.15 bits per heavy atom. The second-order valence-electron chi connectivity index (χ2n) is 5.68. The third-order valence-corrected chi connectivity index (χ3v) is 5.71. The average Bonchev–Trinajstić information content (AvgIpc) is 3.20. The van der Waals surface area contributed by atoms with Crippen molar-refractivity contribution in [3.05, 3.63) is 50.3 Å². The molecule has 6 nitrogen and oxygen atoms in total. The monoisotopic (exact) mass is 437 g/mol. The van der Waals surface area contributed by atoms with Crippen molar-refractivity contribution in [1.82, 2.24) is 0 Å². The molecule has 0 saturated heterocycles. The molecule has 0 fully saturated rings. The maximum Gasteiger partial charge on any atom is 0.341 e. The number of halogens is 1. The van der Waals surface area contributed by atoms with Gasteiger partial charge < -0.3 is 14.8 Å². The minimum Gasteiger partial charge on any atom is -0.465 e. The van der Waals surface area contributed by atoms with Crippen molar-refractivity contribution in [1.29, 1.82) is 0 Å². The predicted octanol–water partition coefficient (Wildman–Crippen LogP) is 3.58. The minimum absolute atomic E-state index is 0.353. The normalized spacial score (nSPS) is 12.4. The van der Waals surface area contributed by atoms with Gasteiger partial charge in [0.25, 0.3) is 5.91 Å². The Morgan fingerprint density at radius 3 is 2.58 bits per heavy atom. The number of anilines is 1. The van der Waals surface area contributed by atoms with Crippen LogP contribution in [-0.2, 0) is 27.1 Å². The third-order valence-electron chi connectivity index (χ3n) is 3.98. The number of hydrogen-bond acceptors (Lipinski definition) is 6. The highest BCUT2D eigenvalue weighted by molar-refractivity contribution is 9.10. The van der Waals surface area contributed by atoms with Crippen LogP contribution >= 0.6 is 27.3 Å². The van der Waals surface area contributed by atoms with E-state index in [1.807, 2.05) is 0 Å². The van der Waals surface area contributed by atoms with E-state index in [1.54, 1.807) is 24.3 Å². The lowest BCUT2D eigenvalue weighted by molar-refractivity contribution is -0.119. The molecule has 1 aromatic heterocycles.